The fourth-order valence-corrected chi connectivity index (χ4v) is 2.61. The lowest BCUT2D eigenvalue weighted by atomic mass is 10.1. The molecule has 116 valence electrons. The van der Waals surface area contributed by atoms with Gasteiger partial charge >= 0.3 is 0 Å². The number of carbonyl (C=O) groups excluding carboxylic acids is 1. The first-order valence-electron chi connectivity index (χ1n) is 6.63. The maximum Gasteiger partial charge on any atom is 0.288 e. The smallest absolute Gasteiger partial charge is 0.288 e. The number of nitrogens with one attached hydrogen (secondary N) is 1. The number of alkyl halides is 2. The summed E-state index contributed by atoms with van der Waals surface area (Å²) in [5.41, 5.74) is 1.41. The van der Waals surface area contributed by atoms with Gasteiger partial charge in [0.25, 0.3) is 5.76 Å². The van der Waals surface area contributed by atoms with Crippen molar-refractivity contribution in [2.24, 2.45) is 0 Å². The van der Waals surface area contributed by atoms with Crippen LogP contribution in [0.1, 0.15) is 12.0 Å². The van der Waals surface area contributed by atoms with E-state index in [1.807, 2.05) is 12.1 Å². The molecule has 0 saturated carbocycles. The van der Waals surface area contributed by atoms with Crippen LogP contribution in [0.25, 0.3) is 0 Å². The van der Waals surface area contributed by atoms with Gasteiger partial charge in [-0.1, -0.05) is 47.6 Å². The SMILES string of the molecule is O=C(CCc1ccc(Cl)cc1)Nc1ccccc1SC(F)F. The Morgan fingerprint density at radius 3 is 2.50 bits per heavy atom. The Kier molecular flexibility index (Phi) is 6.21. The van der Waals surface area contributed by atoms with E-state index in [0.717, 1.165) is 5.56 Å². The van der Waals surface area contributed by atoms with Crippen molar-refractivity contribution >= 4 is 35.0 Å². The summed E-state index contributed by atoms with van der Waals surface area (Å²) in [5, 5.41) is 3.32. The van der Waals surface area contributed by atoms with E-state index in [9.17, 15) is 13.6 Å². The number of thioether (sulfide) groups is 1. The van der Waals surface area contributed by atoms with Crippen LogP contribution in [0, 0.1) is 0 Å². The summed E-state index contributed by atoms with van der Waals surface area (Å²) in [6.45, 7) is 0. The molecule has 0 fully saturated rings. The molecule has 1 amide bonds. The molecule has 2 aromatic rings. The Morgan fingerprint density at radius 2 is 1.82 bits per heavy atom. The van der Waals surface area contributed by atoms with E-state index in [1.165, 1.54) is 0 Å². The highest BCUT2D eigenvalue weighted by Gasteiger charge is 2.11. The Hall–Kier alpha value is -1.59. The summed E-state index contributed by atoms with van der Waals surface area (Å²) in [7, 11) is 0. The molecule has 0 aliphatic heterocycles. The summed E-state index contributed by atoms with van der Waals surface area (Å²) < 4.78 is 25.0. The number of hydrogen-bond donors (Lipinski definition) is 1. The molecular weight excluding hydrogens is 328 g/mol. The summed E-state index contributed by atoms with van der Waals surface area (Å²) in [6.07, 6.45) is 0.836. The molecule has 0 heterocycles. The minimum Gasteiger partial charge on any atom is -0.325 e. The van der Waals surface area contributed by atoms with Crippen molar-refractivity contribution in [2.45, 2.75) is 23.5 Å². The standard InChI is InChI=1S/C16H14ClF2NOS/c17-12-8-5-11(6-9-12)7-10-15(21)20-13-3-1-2-4-14(13)22-16(18)19/h1-6,8-9,16H,7,10H2,(H,20,21). The van der Waals surface area contributed by atoms with Gasteiger partial charge in [0.05, 0.1) is 5.69 Å². The highest BCUT2D eigenvalue weighted by molar-refractivity contribution is 7.99. The zero-order valence-electron chi connectivity index (χ0n) is 11.6. The first-order valence-corrected chi connectivity index (χ1v) is 7.88. The fourth-order valence-electron chi connectivity index (χ4n) is 1.89. The van der Waals surface area contributed by atoms with Crippen molar-refractivity contribution in [1.82, 2.24) is 0 Å². The van der Waals surface area contributed by atoms with Crippen molar-refractivity contribution in [3.8, 4) is 0 Å². The van der Waals surface area contributed by atoms with Crippen LogP contribution in [0.4, 0.5) is 14.5 Å². The van der Waals surface area contributed by atoms with E-state index in [0.29, 0.717) is 33.8 Å². The quantitative estimate of drug-likeness (QED) is 0.729. The molecule has 0 radical (unpaired) electrons. The lowest BCUT2D eigenvalue weighted by Gasteiger charge is -2.10. The normalized spacial score (nSPS) is 10.7. The maximum atomic E-state index is 12.5. The number of hydrogen-bond acceptors (Lipinski definition) is 2. The molecule has 22 heavy (non-hydrogen) atoms. The summed E-state index contributed by atoms with van der Waals surface area (Å²) in [6, 6.07) is 13.8. The third kappa shape index (κ3) is 5.31. The van der Waals surface area contributed by atoms with E-state index in [4.69, 9.17) is 11.6 Å². The number of aryl methyl sites for hydroxylation is 1. The molecule has 0 unspecified atom stereocenters. The minimum atomic E-state index is -2.52. The topological polar surface area (TPSA) is 29.1 Å². The fraction of sp³-hybridized carbons (Fsp3) is 0.188. The molecule has 0 saturated heterocycles. The molecule has 2 rings (SSSR count). The highest BCUT2D eigenvalue weighted by Crippen LogP contribution is 2.31. The highest BCUT2D eigenvalue weighted by atomic mass is 35.5. The molecule has 2 aromatic carbocycles. The van der Waals surface area contributed by atoms with Gasteiger partial charge in [-0.15, -0.1) is 0 Å². The second-order valence-corrected chi connectivity index (χ2v) is 6.02. The zero-order valence-corrected chi connectivity index (χ0v) is 13.1. The summed E-state index contributed by atoms with van der Waals surface area (Å²) >= 11 is 6.22. The molecule has 0 aliphatic rings. The number of rotatable bonds is 6. The van der Waals surface area contributed by atoms with Gasteiger partial charge in [0.2, 0.25) is 5.91 Å². The van der Waals surface area contributed by atoms with Crippen LogP contribution in [0.15, 0.2) is 53.4 Å². The molecule has 1 N–H and O–H groups in total. The first-order chi connectivity index (χ1) is 10.5. The lowest BCUT2D eigenvalue weighted by Crippen LogP contribution is -2.13. The molecular formula is C16H14ClF2NOS. The number of anilines is 1. The summed E-state index contributed by atoms with van der Waals surface area (Å²) in [5.74, 6) is -2.73. The van der Waals surface area contributed by atoms with Crippen LogP contribution in [-0.2, 0) is 11.2 Å². The molecule has 6 heteroatoms. The van der Waals surface area contributed by atoms with E-state index in [1.54, 1.807) is 36.4 Å². The molecule has 0 aromatic heterocycles. The van der Waals surface area contributed by atoms with Gasteiger partial charge in [-0.2, -0.15) is 8.78 Å². The molecule has 0 atom stereocenters. The van der Waals surface area contributed by atoms with Crippen LogP contribution in [0.2, 0.25) is 5.02 Å². The van der Waals surface area contributed by atoms with Crippen molar-refractivity contribution < 1.29 is 13.6 Å². The van der Waals surface area contributed by atoms with E-state index >= 15 is 0 Å². The third-order valence-electron chi connectivity index (χ3n) is 2.93. The molecule has 0 bridgehead atoms. The molecule has 0 aliphatic carbocycles. The van der Waals surface area contributed by atoms with Crippen LogP contribution in [0.3, 0.4) is 0 Å². The van der Waals surface area contributed by atoms with Crippen LogP contribution in [0.5, 0.6) is 0 Å². The number of carbonyl (C=O) groups is 1. The van der Waals surface area contributed by atoms with Crippen LogP contribution in [-0.4, -0.2) is 11.7 Å². The Morgan fingerprint density at radius 1 is 1.14 bits per heavy atom. The van der Waals surface area contributed by atoms with E-state index in [-0.39, 0.29) is 12.3 Å². The average Bonchev–Trinajstić information content (AvgIpc) is 2.48. The second-order valence-electron chi connectivity index (χ2n) is 4.55. The van der Waals surface area contributed by atoms with Crippen molar-refractivity contribution in [2.75, 3.05) is 5.32 Å². The third-order valence-corrected chi connectivity index (χ3v) is 3.97. The Balaban J connectivity index is 1.93. The molecule has 2 nitrogen and oxygen atoms in total. The number of amides is 1. The van der Waals surface area contributed by atoms with Gasteiger partial charge in [-0.3, -0.25) is 4.79 Å². The van der Waals surface area contributed by atoms with Gasteiger partial charge in [0.1, 0.15) is 0 Å². The zero-order chi connectivity index (χ0) is 15.9. The van der Waals surface area contributed by atoms with Crippen molar-refractivity contribution in [1.29, 1.82) is 0 Å². The van der Waals surface area contributed by atoms with Gasteiger partial charge in [-0.25, -0.2) is 0 Å². The van der Waals surface area contributed by atoms with Gasteiger partial charge in [0.15, 0.2) is 0 Å². The monoisotopic (exact) mass is 341 g/mol. The second kappa shape index (κ2) is 8.15. The van der Waals surface area contributed by atoms with Crippen molar-refractivity contribution in [3.05, 3.63) is 59.1 Å². The average molecular weight is 342 g/mol. The Bertz CT molecular complexity index is 634. The lowest BCUT2D eigenvalue weighted by molar-refractivity contribution is -0.116. The predicted octanol–water partition coefficient (Wildman–Crippen LogP) is 5.23. The maximum absolute atomic E-state index is 12.5. The van der Waals surface area contributed by atoms with Gasteiger partial charge in [0, 0.05) is 16.3 Å². The van der Waals surface area contributed by atoms with Crippen LogP contribution >= 0.6 is 23.4 Å². The largest absolute Gasteiger partial charge is 0.325 e. The Labute approximate surface area is 136 Å². The summed E-state index contributed by atoms with van der Waals surface area (Å²) in [4.78, 5) is 12.3. The first kappa shape index (κ1) is 16.8. The number of halogens is 3. The number of para-hydroxylation sites is 1. The van der Waals surface area contributed by atoms with Gasteiger partial charge < -0.3 is 5.32 Å². The molecule has 0 spiro atoms. The number of benzene rings is 2. The van der Waals surface area contributed by atoms with Gasteiger partial charge in [-0.05, 0) is 36.2 Å². The predicted molar refractivity (Wildman–Crippen MR) is 86.7 cm³/mol. The minimum absolute atomic E-state index is 0.211. The van der Waals surface area contributed by atoms with E-state index < -0.39 is 5.76 Å². The van der Waals surface area contributed by atoms with E-state index in [2.05, 4.69) is 5.32 Å². The van der Waals surface area contributed by atoms with Crippen molar-refractivity contribution in [3.63, 3.8) is 0 Å². The van der Waals surface area contributed by atoms with Crippen LogP contribution < -0.4 is 5.32 Å².